The van der Waals surface area contributed by atoms with Crippen molar-refractivity contribution < 1.29 is 14.2 Å². The largest absolute Gasteiger partial charge is 0.494 e. The first kappa shape index (κ1) is 14.7. The maximum Gasteiger partial charge on any atom is 0.160 e. The summed E-state index contributed by atoms with van der Waals surface area (Å²) in [6.45, 7) is 2.68. The van der Waals surface area contributed by atoms with E-state index in [4.69, 9.17) is 14.2 Å². The Morgan fingerprint density at radius 1 is 1.17 bits per heavy atom. The Labute approximate surface area is 109 Å². The zero-order valence-corrected chi connectivity index (χ0v) is 11.4. The third-order valence-corrected chi connectivity index (χ3v) is 2.68. The van der Waals surface area contributed by atoms with Gasteiger partial charge in [0.1, 0.15) is 6.61 Å². The molecular weight excluding hydrogens is 228 g/mol. The SMILES string of the molecule is CC/C(=C\CC(OC)OC)OCc1ccccc1. The number of rotatable bonds is 8. The number of benzene rings is 1. The molecule has 0 fully saturated rings. The van der Waals surface area contributed by atoms with Crippen molar-refractivity contribution in [3.05, 3.63) is 47.7 Å². The molecule has 0 spiro atoms. The minimum Gasteiger partial charge on any atom is -0.494 e. The predicted octanol–water partition coefficient (Wildman–Crippen LogP) is 3.51. The van der Waals surface area contributed by atoms with E-state index in [2.05, 4.69) is 19.1 Å². The molecule has 0 saturated heterocycles. The summed E-state index contributed by atoms with van der Waals surface area (Å²) >= 11 is 0. The van der Waals surface area contributed by atoms with Crippen molar-refractivity contribution >= 4 is 0 Å². The van der Waals surface area contributed by atoms with Crippen LogP contribution in [0.15, 0.2) is 42.2 Å². The van der Waals surface area contributed by atoms with E-state index in [1.54, 1.807) is 14.2 Å². The molecule has 0 amide bonds. The summed E-state index contributed by atoms with van der Waals surface area (Å²) in [4.78, 5) is 0. The Balaban J connectivity index is 2.44. The van der Waals surface area contributed by atoms with Gasteiger partial charge in [0.15, 0.2) is 6.29 Å². The fourth-order valence-corrected chi connectivity index (χ4v) is 1.57. The van der Waals surface area contributed by atoms with Crippen molar-refractivity contribution in [3.8, 4) is 0 Å². The van der Waals surface area contributed by atoms with E-state index in [1.165, 1.54) is 5.56 Å². The van der Waals surface area contributed by atoms with Gasteiger partial charge in [0, 0.05) is 27.1 Å². The van der Waals surface area contributed by atoms with Crippen LogP contribution in [0.2, 0.25) is 0 Å². The van der Waals surface area contributed by atoms with Crippen molar-refractivity contribution in [2.24, 2.45) is 0 Å². The van der Waals surface area contributed by atoms with Crippen molar-refractivity contribution in [3.63, 3.8) is 0 Å². The van der Waals surface area contributed by atoms with Gasteiger partial charge in [-0.3, -0.25) is 0 Å². The Kier molecular flexibility index (Phi) is 7.14. The first-order valence-electron chi connectivity index (χ1n) is 6.21. The third kappa shape index (κ3) is 5.34. The van der Waals surface area contributed by atoms with E-state index in [9.17, 15) is 0 Å². The summed E-state index contributed by atoms with van der Waals surface area (Å²) < 4.78 is 16.0. The fourth-order valence-electron chi connectivity index (χ4n) is 1.57. The molecule has 3 heteroatoms. The molecule has 0 saturated carbocycles. The molecule has 0 aliphatic rings. The van der Waals surface area contributed by atoms with E-state index in [1.807, 2.05) is 24.3 Å². The highest BCUT2D eigenvalue weighted by molar-refractivity contribution is 5.13. The number of allylic oxidation sites excluding steroid dienone is 1. The molecule has 0 N–H and O–H groups in total. The molecule has 0 aliphatic heterocycles. The average molecular weight is 250 g/mol. The van der Waals surface area contributed by atoms with Crippen LogP contribution in [0.4, 0.5) is 0 Å². The lowest BCUT2D eigenvalue weighted by Gasteiger charge is -2.13. The van der Waals surface area contributed by atoms with Crippen LogP contribution in [0.1, 0.15) is 25.3 Å². The van der Waals surface area contributed by atoms with Crippen molar-refractivity contribution in [2.45, 2.75) is 32.7 Å². The molecular formula is C15H22O3. The Morgan fingerprint density at radius 3 is 2.39 bits per heavy atom. The maximum atomic E-state index is 5.77. The van der Waals surface area contributed by atoms with Crippen molar-refractivity contribution in [1.29, 1.82) is 0 Å². The van der Waals surface area contributed by atoms with Gasteiger partial charge in [-0.15, -0.1) is 0 Å². The quantitative estimate of drug-likeness (QED) is 0.522. The van der Waals surface area contributed by atoms with Crippen LogP contribution in [0.25, 0.3) is 0 Å². The minimum atomic E-state index is -0.202. The van der Waals surface area contributed by atoms with Gasteiger partial charge in [-0.25, -0.2) is 0 Å². The molecule has 0 atom stereocenters. The number of methoxy groups -OCH3 is 2. The van der Waals surface area contributed by atoms with Crippen molar-refractivity contribution in [2.75, 3.05) is 14.2 Å². The molecule has 0 heterocycles. The van der Waals surface area contributed by atoms with Crippen LogP contribution in [0, 0.1) is 0 Å². The molecule has 18 heavy (non-hydrogen) atoms. The highest BCUT2D eigenvalue weighted by Gasteiger charge is 2.04. The normalized spacial score (nSPS) is 11.9. The van der Waals surface area contributed by atoms with Gasteiger partial charge in [0.25, 0.3) is 0 Å². The molecule has 100 valence electrons. The smallest absolute Gasteiger partial charge is 0.160 e. The zero-order chi connectivity index (χ0) is 13.2. The zero-order valence-electron chi connectivity index (χ0n) is 11.4. The van der Waals surface area contributed by atoms with Gasteiger partial charge in [-0.2, -0.15) is 0 Å². The van der Waals surface area contributed by atoms with Crippen LogP contribution in [0.5, 0.6) is 0 Å². The molecule has 0 aliphatic carbocycles. The summed E-state index contributed by atoms with van der Waals surface area (Å²) in [5.74, 6) is 0.970. The van der Waals surface area contributed by atoms with Gasteiger partial charge < -0.3 is 14.2 Å². The summed E-state index contributed by atoms with van der Waals surface area (Å²) in [5, 5.41) is 0. The van der Waals surface area contributed by atoms with E-state index >= 15 is 0 Å². The molecule has 1 aromatic carbocycles. The molecule has 1 aromatic rings. The molecule has 0 unspecified atom stereocenters. The second-order valence-corrected chi connectivity index (χ2v) is 3.93. The van der Waals surface area contributed by atoms with Crippen LogP contribution in [-0.4, -0.2) is 20.5 Å². The average Bonchev–Trinajstić information content (AvgIpc) is 2.44. The first-order chi connectivity index (χ1) is 8.80. The highest BCUT2D eigenvalue weighted by Crippen LogP contribution is 2.11. The first-order valence-corrected chi connectivity index (χ1v) is 6.21. The Bertz CT molecular complexity index is 342. The number of ether oxygens (including phenoxy) is 3. The van der Waals surface area contributed by atoms with E-state index in [0.717, 1.165) is 12.2 Å². The van der Waals surface area contributed by atoms with Crippen LogP contribution in [0.3, 0.4) is 0 Å². The van der Waals surface area contributed by atoms with Gasteiger partial charge in [0.05, 0.1) is 5.76 Å². The van der Waals surface area contributed by atoms with Gasteiger partial charge in [-0.1, -0.05) is 37.3 Å². The Hall–Kier alpha value is -1.32. The topological polar surface area (TPSA) is 27.7 Å². The number of hydrogen-bond acceptors (Lipinski definition) is 3. The van der Waals surface area contributed by atoms with Gasteiger partial charge in [-0.05, 0) is 11.6 Å². The predicted molar refractivity (Wildman–Crippen MR) is 72.0 cm³/mol. The van der Waals surface area contributed by atoms with Crippen molar-refractivity contribution in [1.82, 2.24) is 0 Å². The second kappa shape index (κ2) is 8.72. The van der Waals surface area contributed by atoms with Crippen LogP contribution < -0.4 is 0 Å². The summed E-state index contributed by atoms with van der Waals surface area (Å²) in [7, 11) is 3.27. The monoisotopic (exact) mass is 250 g/mol. The lowest BCUT2D eigenvalue weighted by Crippen LogP contribution is -2.11. The molecule has 1 rings (SSSR count). The fraction of sp³-hybridized carbons (Fsp3) is 0.467. The molecule has 3 nitrogen and oxygen atoms in total. The van der Waals surface area contributed by atoms with E-state index in [0.29, 0.717) is 13.0 Å². The third-order valence-electron chi connectivity index (χ3n) is 2.68. The van der Waals surface area contributed by atoms with E-state index in [-0.39, 0.29) is 6.29 Å². The molecule has 0 radical (unpaired) electrons. The minimum absolute atomic E-state index is 0.202. The van der Waals surface area contributed by atoms with Gasteiger partial charge in [0.2, 0.25) is 0 Å². The van der Waals surface area contributed by atoms with Crippen LogP contribution >= 0.6 is 0 Å². The lowest BCUT2D eigenvalue weighted by atomic mass is 10.2. The van der Waals surface area contributed by atoms with Crippen LogP contribution in [-0.2, 0) is 20.8 Å². The second-order valence-electron chi connectivity index (χ2n) is 3.93. The summed E-state index contributed by atoms with van der Waals surface area (Å²) in [6, 6.07) is 10.1. The Morgan fingerprint density at radius 2 is 1.83 bits per heavy atom. The van der Waals surface area contributed by atoms with Gasteiger partial charge >= 0.3 is 0 Å². The highest BCUT2D eigenvalue weighted by atomic mass is 16.7. The molecule has 0 aromatic heterocycles. The number of hydrogen-bond donors (Lipinski definition) is 0. The maximum absolute atomic E-state index is 5.77. The van der Waals surface area contributed by atoms with E-state index < -0.39 is 0 Å². The summed E-state index contributed by atoms with van der Waals surface area (Å²) in [6.07, 6.45) is 3.39. The lowest BCUT2D eigenvalue weighted by molar-refractivity contribution is -0.0990. The molecule has 0 bridgehead atoms. The summed E-state index contributed by atoms with van der Waals surface area (Å²) in [5.41, 5.74) is 1.17. The standard InChI is InChI=1S/C15H22O3/c1-4-14(10-11-15(16-2)17-3)18-12-13-8-6-5-7-9-13/h5-10,15H,4,11-12H2,1-3H3/b14-10+.